The summed E-state index contributed by atoms with van der Waals surface area (Å²) in [5, 5.41) is 9.43. The van der Waals surface area contributed by atoms with Crippen LogP contribution in [0.5, 0.6) is 0 Å². The lowest BCUT2D eigenvalue weighted by molar-refractivity contribution is -0.119. The fourth-order valence-electron chi connectivity index (χ4n) is 2.60. The van der Waals surface area contributed by atoms with Crippen LogP contribution in [0.15, 0.2) is 46.7 Å². The van der Waals surface area contributed by atoms with Crippen LogP contribution in [0, 0.1) is 0 Å². The molecule has 0 radical (unpaired) electrons. The summed E-state index contributed by atoms with van der Waals surface area (Å²) in [6, 6.07) is 8.08. The van der Waals surface area contributed by atoms with Crippen LogP contribution in [0.4, 0.5) is 5.13 Å². The largest absolute Gasteiger partial charge is 0.300 e. The van der Waals surface area contributed by atoms with Crippen LogP contribution in [-0.2, 0) is 4.79 Å². The Balaban J connectivity index is 1.51. The van der Waals surface area contributed by atoms with Gasteiger partial charge in [-0.25, -0.2) is 9.67 Å². The van der Waals surface area contributed by atoms with Gasteiger partial charge >= 0.3 is 0 Å². The van der Waals surface area contributed by atoms with Gasteiger partial charge in [-0.15, -0.1) is 11.3 Å². The maximum Gasteiger partial charge on any atom is 0.267 e. The lowest BCUT2D eigenvalue weighted by Crippen LogP contribution is -2.33. The van der Waals surface area contributed by atoms with Crippen molar-refractivity contribution in [3.05, 3.63) is 58.0 Å². The topological polar surface area (TPSA) is 89.8 Å². The highest BCUT2D eigenvalue weighted by Gasteiger charge is 2.27. The molecule has 26 heavy (non-hydrogen) atoms. The van der Waals surface area contributed by atoms with Crippen LogP contribution in [0.1, 0.15) is 37.4 Å². The molecule has 8 heteroatoms. The van der Waals surface area contributed by atoms with E-state index in [0.29, 0.717) is 16.7 Å². The van der Waals surface area contributed by atoms with E-state index in [1.54, 1.807) is 19.2 Å². The summed E-state index contributed by atoms with van der Waals surface area (Å²) in [5.74, 6) is 0.0893. The molecular weight excluding hydrogens is 350 g/mol. The number of rotatable bonds is 5. The second kappa shape index (κ2) is 6.80. The number of hydrogen-bond donors (Lipinski definition) is 1. The molecule has 1 aliphatic carbocycles. The van der Waals surface area contributed by atoms with E-state index in [-0.39, 0.29) is 11.5 Å². The van der Waals surface area contributed by atoms with Crippen molar-refractivity contribution < 1.29 is 4.79 Å². The van der Waals surface area contributed by atoms with Gasteiger partial charge in [0, 0.05) is 23.6 Å². The maximum atomic E-state index is 12.5. The molecule has 3 aromatic heterocycles. The Morgan fingerprint density at radius 3 is 2.85 bits per heavy atom. The van der Waals surface area contributed by atoms with Gasteiger partial charge in [0.15, 0.2) is 5.13 Å². The van der Waals surface area contributed by atoms with Gasteiger partial charge in [-0.2, -0.15) is 5.10 Å². The smallest absolute Gasteiger partial charge is 0.267 e. The Labute approximate surface area is 153 Å². The molecule has 1 aliphatic rings. The van der Waals surface area contributed by atoms with E-state index in [2.05, 4.69) is 20.4 Å². The molecule has 1 N–H and O–H groups in total. The quantitative estimate of drug-likeness (QED) is 0.749. The summed E-state index contributed by atoms with van der Waals surface area (Å²) in [6.07, 6.45) is 3.86. The number of aromatic nitrogens is 4. The Kier molecular flexibility index (Phi) is 4.34. The molecule has 0 spiro atoms. The van der Waals surface area contributed by atoms with E-state index in [0.717, 1.165) is 24.2 Å². The monoisotopic (exact) mass is 367 g/mol. The van der Waals surface area contributed by atoms with E-state index in [1.165, 1.54) is 22.1 Å². The zero-order valence-electron chi connectivity index (χ0n) is 14.1. The average Bonchev–Trinajstić information content (AvgIpc) is 3.41. The van der Waals surface area contributed by atoms with E-state index in [4.69, 9.17) is 0 Å². The fraction of sp³-hybridized carbons (Fsp3) is 0.278. The molecule has 1 amide bonds. The molecule has 1 unspecified atom stereocenters. The Hall–Kier alpha value is -2.87. The zero-order chi connectivity index (χ0) is 18.1. The minimum Gasteiger partial charge on any atom is -0.300 e. The van der Waals surface area contributed by atoms with E-state index in [1.807, 2.05) is 23.6 Å². The fourth-order valence-corrected chi connectivity index (χ4v) is 3.31. The molecule has 0 aromatic carbocycles. The van der Waals surface area contributed by atoms with Gasteiger partial charge in [0.25, 0.3) is 11.5 Å². The molecular formula is C18H17N5O2S. The second-order valence-electron chi connectivity index (χ2n) is 6.23. The van der Waals surface area contributed by atoms with Gasteiger partial charge in [-0.1, -0.05) is 6.07 Å². The highest BCUT2D eigenvalue weighted by atomic mass is 32.1. The Bertz CT molecular complexity index is 994. The van der Waals surface area contributed by atoms with E-state index >= 15 is 0 Å². The van der Waals surface area contributed by atoms with E-state index < -0.39 is 6.04 Å². The molecule has 0 saturated heterocycles. The van der Waals surface area contributed by atoms with Crippen LogP contribution in [0.25, 0.3) is 11.4 Å². The zero-order valence-corrected chi connectivity index (χ0v) is 14.9. The first-order valence-electron chi connectivity index (χ1n) is 8.39. The number of pyridine rings is 1. The van der Waals surface area contributed by atoms with Crippen LogP contribution in [-0.4, -0.2) is 25.7 Å². The molecule has 4 rings (SSSR count). The van der Waals surface area contributed by atoms with Gasteiger partial charge < -0.3 is 5.32 Å². The first kappa shape index (κ1) is 16.6. The number of nitrogens with zero attached hydrogens (tertiary/aromatic N) is 4. The van der Waals surface area contributed by atoms with Gasteiger partial charge in [0.05, 0.1) is 11.4 Å². The number of carbonyl (C=O) groups excluding carboxylic acids is 1. The molecule has 0 bridgehead atoms. The van der Waals surface area contributed by atoms with Crippen molar-refractivity contribution in [2.45, 2.75) is 31.7 Å². The number of anilines is 1. The van der Waals surface area contributed by atoms with Crippen molar-refractivity contribution in [3.8, 4) is 11.4 Å². The average molecular weight is 367 g/mol. The molecule has 3 heterocycles. The standard InChI is InChI=1S/C18H17N5O2S/c1-11(23-16(24)8-7-13(22-23)12-5-6-12)17(25)21-18-20-15(10-26-18)14-4-2-3-9-19-14/h2-4,7-12H,5-6H2,1H3,(H,20,21,25). The molecule has 0 aliphatic heterocycles. The number of nitrogens with one attached hydrogen (secondary N) is 1. The molecule has 1 fully saturated rings. The lowest BCUT2D eigenvalue weighted by atomic mass is 10.2. The van der Waals surface area contributed by atoms with Gasteiger partial charge in [0.2, 0.25) is 0 Å². The first-order chi connectivity index (χ1) is 12.6. The van der Waals surface area contributed by atoms with E-state index in [9.17, 15) is 9.59 Å². The first-order valence-corrected chi connectivity index (χ1v) is 9.27. The van der Waals surface area contributed by atoms with Gasteiger partial charge in [-0.05, 0) is 38.0 Å². The van der Waals surface area contributed by atoms with Crippen LogP contribution < -0.4 is 10.9 Å². The summed E-state index contributed by atoms with van der Waals surface area (Å²) < 4.78 is 1.25. The third kappa shape index (κ3) is 3.41. The highest BCUT2D eigenvalue weighted by Crippen LogP contribution is 2.38. The molecule has 7 nitrogen and oxygen atoms in total. The number of carbonyl (C=O) groups is 1. The number of thiazole rings is 1. The normalized spacial score (nSPS) is 14.8. The van der Waals surface area contributed by atoms with Crippen LogP contribution in [0.3, 0.4) is 0 Å². The van der Waals surface area contributed by atoms with Crippen molar-refractivity contribution in [2.24, 2.45) is 0 Å². The minimum absolute atomic E-state index is 0.287. The summed E-state index contributed by atoms with van der Waals surface area (Å²) in [4.78, 5) is 33.3. The Morgan fingerprint density at radius 2 is 2.12 bits per heavy atom. The SMILES string of the molecule is CC(C(=O)Nc1nc(-c2ccccn2)cs1)n1nc(C2CC2)ccc1=O. The highest BCUT2D eigenvalue weighted by molar-refractivity contribution is 7.14. The lowest BCUT2D eigenvalue weighted by Gasteiger charge is -2.13. The van der Waals surface area contributed by atoms with Crippen molar-refractivity contribution >= 4 is 22.4 Å². The van der Waals surface area contributed by atoms with Crippen molar-refractivity contribution in [1.82, 2.24) is 19.7 Å². The van der Waals surface area contributed by atoms with Gasteiger partial charge in [0.1, 0.15) is 11.7 Å². The van der Waals surface area contributed by atoms with Crippen molar-refractivity contribution in [3.63, 3.8) is 0 Å². The molecule has 1 atom stereocenters. The summed E-state index contributed by atoms with van der Waals surface area (Å²) in [5.41, 5.74) is 2.03. The molecule has 132 valence electrons. The number of hydrogen-bond acceptors (Lipinski definition) is 6. The third-order valence-corrected chi connectivity index (χ3v) is 5.01. The molecule has 3 aromatic rings. The third-order valence-electron chi connectivity index (χ3n) is 4.25. The summed E-state index contributed by atoms with van der Waals surface area (Å²) >= 11 is 1.32. The van der Waals surface area contributed by atoms with Crippen LogP contribution >= 0.6 is 11.3 Å². The predicted octanol–water partition coefficient (Wildman–Crippen LogP) is 2.84. The maximum absolute atomic E-state index is 12.5. The predicted molar refractivity (Wildman–Crippen MR) is 99.2 cm³/mol. The summed E-state index contributed by atoms with van der Waals surface area (Å²) in [7, 11) is 0. The van der Waals surface area contributed by atoms with Crippen LogP contribution in [0.2, 0.25) is 0 Å². The van der Waals surface area contributed by atoms with Gasteiger partial charge in [-0.3, -0.25) is 14.6 Å². The van der Waals surface area contributed by atoms with Crippen molar-refractivity contribution in [1.29, 1.82) is 0 Å². The Morgan fingerprint density at radius 1 is 1.27 bits per heavy atom. The minimum atomic E-state index is -0.719. The van der Waals surface area contributed by atoms with Crippen molar-refractivity contribution in [2.75, 3.05) is 5.32 Å². The number of amides is 1. The summed E-state index contributed by atoms with van der Waals surface area (Å²) in [6.45, 7) is 1.66. The molecule has 1 saturated carbocycles. The second-order valence-corrected chi connectivity index (χ2v) is 7.09.